The van der Waals surface area contributed by atoms with Gasteiger partial charge in [-0.1, -0.05) is 41.7 Å². The topological polar surface area (TPSA) is 52.2 Å². The number of carbonyl (C=O) groups is 1. The van der Waals surface area contributed by atoms with Crippen molar-refractivity contribution in [1.82, 2.24) is 14.3 Å². The van der Waals surface area contributed by atoms with Crippen LogP contribution in [0.5, 0.6) is 0 Å². The average Bonchev–Trinajstić information content (AvgIpc) is 3.24. The summed E-state index contributed by atoms with van der Waals surface area (Å²) in [5.41, 5.74) is 5.64. The number of allylic oxidation sites excluding steroid dienone is 1. The molecule has 0 atom stereocenters. The van der Waals surface area contributed by atoms with Crippen molar-refractivity contribution in [3.8, 4) is 5.69 Å². The molecule has 0 spiro atoms. The Labute approximate surface area is 173 Å². The van der Waals surface area contributed by atoms with Gasteiger partial charge in [0.2, 0.25) is 0 Å². The molecule has 6 heteroatoms. The Kier molecular flexibility index (Phi) is 5.03. The van der Waals surface area contributed by atoms with E-state index in [2.05, 4.69) is 42.7 Å². The molecule has 4 rings (SSSR count). The van der Waals surface area contributed by atoms with Crippen molar-refractivity contribution in [2.75, 3.05) is 0 Å². The van der Waals surface area contributed by atoms with Gasteiger partial charge in [0.1, 0.15) is 0 Å². The van der Waals surface area contributed by atoms with Crippen LogP contribution in [0.2, 0.25) is 0 Å². The molecule has 0 bridgehead atoms. The second-order valence-corrected chi connectivity index (χ2v) is 8.00. The summed E-state index contributed by atoms with van der Waals surface area (Å²) in [5.74, 6) is -0.288. The van der Waals surface area contributed by atoms with Crippen molar-refractivity contribution >= 4 is 27.5 Å². The maximum atomic E-state index is 13.0. The van der Waals surface area contributed by atoms with E-state index >= 15 is 0 Å². The van der Waals surface area contributed by atoms with Gasteiger partial charge >= 0.3 is 0 Å². The molecule has 0 aliphatic rings. The molecule has 0 unspecified atom stereocenters. The second kappa shape index (κ2) is 7.64. The normalized spacial score (nSPS) is 11.9. The molecule has 5 nitrogen and oxygen atoms in total. The van der Waals surface area contributed by atoms with Crippen molar-refractivity contribution < 1.29 is 4.79 Å². The highest BCUT2D eigenvalue weighted by atomic mass is 32.1. The van der Waals surface area contributed by atoms with Gasteiger partial charge in [-0.15, -0.1) is 6.58 Å². The predicted octanol–water partition coefficient (Wildman–Crippen LogP) is 4.74. The predicted molar refractivity (Wildman–Crippen MR) is 118 cm³/mol. The number of para-hydroxylation sites is 1. The molecule has 0 aliphatic carbocycles. The first-order valence-electron chi connectivity index (χ1n) is 9.40. The first kappa shape index (κ1) is 19.1. The standard InChI is InChI=1S/C23H22N4OS/c1-5-11-26-20-13-15(2)12-16(3)21(20)29-23(26)25-22(28)19-14-24-27(17(19)4)18-9-7-6-8-10-18/h5-10,12-14H,1,11H2,2-4H3. The van der Waals surface area contributed by atoms with E-state index in [1.54, 1.807) is 10.9 Å². The number of carbonyl (C=O) groups excluding carboxylic acids is 1. The lowest BCUT2D eigenvalue weighted by Crippen LogP contribution is -2.16. The molecule has 4 aromatic rings. The van der Waals surface area contributed by atoms with Crippen LogP contribution in [0.3, 0.4) is 0 Å². The van der Waals surface area contributed by atoms with E-state index in [-0.39, 0.29) is 5.91 Å². The van der Waals surface area contributed by atoms with Crippen molar-refractivity contribution in [2.24, 2.45) is 4.99 Å². The van der Waals surface area contributed by atoms with Crippen LogP contribution in [-0.4, -0.2) is 20.3 Å². The lowest BCUT2D eigenvalue weighted by atomic mass is 10.1. The molecule has 1 amide bonds. The van der Waals surface area contributed by atoms with Crippen LogP contribution in [0, 0.1) is 20.8 Å². The Balaban J connectivity index is 1.83. The summed E-state index contributed by atoms with van der Waals surface area (Å²) in [7, 11) is 0. The second-order valence-electron chi connectivity index (χ2n) is 7.02. The minimum absolute atomic E-state index is 0.288. The molecule has 29 heavy (non-hydrogen) atoms. The third-order valence-electron chi connectivity index (χ3n) is 4.86. The molecule has 0 fully saturated rings. The van der Waals surface area contributed by atoms with Crippen molar-refractivity contribution in [2.45, 2.75) is 27.3 Å². The number of aryl methyl sites for hydroxylation is 2. The van der Waals surface area contributed by atoms with E-state index in [1.165, 1.54) is 22.5 Å². The Morgan fingerprint density at radius 3 is 2.69 bits per heavy atom. The Hall–Kier alpha value is -3.25. The van der Waals surface area contributed by atoms with Crippen LogP contribution in [0.25, 0.3) is 15.9 Å². The number of benzene rings is 2. The van der Waals surface area contributed by atoms with Gasteiger partial charge in [-0.3, -0.25) is 4.79 Å². The van der Waals surface area contributed by atoms with E-state index in [0.29, 0.717) is 16.9 Å². The van der Waals surface area contributed by atoms with Crippen molar-refractivity contribution in [3.05, 3.63) is 88.5 Å². The summed E-state index contributed by atoms with van der Waals surface area (Å²) >= 11 is 1.53. The zero-order chi connectivity index (χ0) is 20.5. The van der Waals surface area contributed by atoms with Crippen LogP contribution < -0.4 is 4.80 Å². The maximum absolute atomic E-state index is 13.0. The SMILES string of the molecule is C=CCn1c(=NC(=O)c2cnn(-c3ccccc3)c2C)sc2c(C)cc(C)cc21. The molecule has 0 radical (unpaired) electrons. The highest BCUT2D eigenvalue weighted by Crippen LogP contribution is 2.24. The minimum Gasteiger partial charge on any atom is -0.312 e. The van der Waals surface area contributed by atoms with Crippen LogP contribution >= 0.6 is 11.3 Å². The summed E-state index contributed by atoms with van der Waals surface area (Å²) in [6.07, 6.45) is 3.42. The van der Waals surface area contributed by atoms with Gasteiger partial charge < -0.3 is 4.57 Å². The lowest BCUT2D eigenvalue weighted by molar-refractivity contribution is 0.0997. The van der Waals surface area contributed by atoms with Gasteiger partial charge in [0.05, 0.1) is 33.4 Å². The number of nitrogens with zero attached hydrogens (tertiary/aromatic N) is 4. The van der Waals surface area contributed by atoms with E-state index in [4.69, 9.17) is 0 Å². The third kappa shape index (κ3) is 3.47. The van der Waals surface area contributed by atoms with Gasteiger partial charge in [0, 0.05) is 6.54 Å². The number of amides is 1. The Morgan fingerprint density at radius 2 is 1.97 bits per heavy atom. The van der Waals surface area contributed by atoms with Crippen LogP contribution in [-0.2, 0) is 6.54 Å². The molecule has 2 aromatic heterocycles. The third-order valence-corrected chi connectivity index (χ3v) is 6.09. The van der Waals surface area contributed by atoms with Gasteiger partial charge in [0.15, 0.2) is 4.80 Å². The lowest BCUT2D eigenvalue weighted by Gasteiger charge is -2.04. The molecule has 0 saturated carbocycles. The zero-order valence-corrected chi connectivity index (χ0v) is 17.5. The quantitative estimate of drug-likeness (QED) is 0.463. The molecule has 0 saturated heterocycles. The van der Waals surface area contributed by atoms with Gasteiger partial charge in [-0.25, -0.2) is 4.68 Å². The summed E-state index contributed by atoms with van der Waals surface area (Å²) < 4.78 is 4.95. The minimum atomic E-state index is -0.288. The van der Waals surface area contributed by atoms with Crippen LogP contribution in [0.4, 0.5) is 0 Å². The molecule has 0 aliphatic heterocycles. The highest BCUT2D eigenvalue weighted by molar-refractivity contribution is 7.16. The van der Waals surface area contributed by atoms with Crippen molar-refractivity contribution in [1.29, 1.82) is 0 Å². The Bertz CT molecular complexity index is 1290. The fraction of sp³-hybridized carbons (Fsp3) is 0.174. The molecular weight excluding hydrogens is 380 g/mol. The summed E-state index contributed by atoms with van der Waals surface area (Å²) in [4.78, 5) is 18.1. The van der Waals surface area contributed by atoms with E-state index in [0.717, 1.165) is 21.6 Å². The maximum Gasteiger partial charge on any atom is 0.283 e. The number of hydrogen-bond acceptors (Lipinski definition) is 3. The fourth-order valence-corrected chi connectivity index (χ4v) is 4.59. The summed E-state index contributed by atoms with van der Waals surface area (Å²) in [5, 5.41) is 4.39. The van der Waals surface area contributed by atoms with Gasteiger partial charge in [-0.2, -0.15) is 10.1 Å². The highest BCUT2D eigenvalue weighted by Gasteiger charge is 2.16. The van der Waals surface area contributed by atoms with Gasteiger partial charge in [-0.05, 0) is 50.1 Å². The van der Waals surface area contributed by atoms with E-state index in [9.17, 15) is 4.79 Å². The largest absolute Gasteiger partial charge is 0.312 e. The number of thiazole rings is 1. The number of aromatic nitrogens is 3. The summed E-state index contributed by atoms with van der Waals surface area (Å²) in [6, 6.07) is 14.0. The monoisotopic (exact) mass is 402 g/mol. The molecular formula is C23H22N4OS. The van der Waals surface area contributed by atoms with Crippen molar-refractivity contribution in [3.63, 3.8) is 0 Å². The number of rotatable bonds is 4. The zero-order valence-electron chi connectivity index (χ0n) is 16.7. The van der Waals surface area contributed by atoms with E-state index in [1.807, 2.05) is 47.9 Å². The average molecular weight is 403 g/mol. The molecule has 0 N–H and O–H groups in total. The fourth-order valence-electron chi connectivity index (χ4n) is 3.50. The Morgan fingerprint density at radius 1 is 1.21 bits per heavy atom. The van der Waals surface area contributed by atoms with Gasteiger partial charge in [0.25, 0.3) is 5.91 Å². The molecule has 2 aromatic carbocycles. The summed E-state index contributed by atoms with van der Waals surface area (Å²) in [6.45, 7) is 10.5. The molecule has 146 valence electrons. The number of fused-ring (bicyclic) bond motifs is 1. The number of hydrogen-bond donors (Lipinski definition) is 0. The molecule has 2 heterocycles. The van der Waals surface area contributed by atoms with Crippen LogP contribution in [0.15, 0.2) is 66.3 Å². The first-order chi connectivity index (χ1) is 14.0. The smallest absolute Gasteiger partial charge is 0.283 e. The van der Waals surface area contributed by atoms with Crippen LogP contribution in [0.1, 0.15) is 27.2 Å². The van der Waals surface area contributed by atoms with E-state index < -0.39 is 0 Å². The first-order valence-corrected chi connectivity index (χ1v) is 10.2.